The molecule has 0 amide bonds. The van der Waals surface area contributed by atoms with Crippen molar-refractivity contribution >= 4 is 17.0 Å². The molecule has 0 N–H and O–H groups in total. The van der Waals surface area contributed by atoms with Crippen LogP contribution in [0.15, 0.2) is 84.5 Å². The van der Waals surface area contributed by atoms with Gasteiger partial charge in [0.25, 0.3) is 0 Å². The van der Waals surface area contributed by atoms with E-state index in [4.69, 9.17) is 0 Å². The number of hydrogen-bond donors (Lipinski definition) is 0. The molecule has 0 spiro atoms. The predicted octanol–water partition coefficient (Wildman–Crippen LogP) is 4.91. The summed E-state index contributed by atoms with van der Waals surface area (Å²) in [5.74, 6) is 0. The van der Waals surface area contributed by atoms with Gasteiger partial charge in [-0.3, -0.25) is 4.48 Å². The summed E-state index contributed by atoms with van der Waals surface area (Å²) in [6.07, 6.45) is 8.81. The number of hydrogen-bond acceptors (Lipinski definition) is 0. The van der Waals surface area contributed by atoms with Crippen molar-refractivity contribution in [2.75, 3.05) is 34.7 Å². The molecule has 0 aromatic heterocycles. The standard InChI is InChI=1S/C25H30N2/c1-6-27(4,5)24-18-14-22(15-19-24)25(20-10-8-7-9-11-20)21-12-16-23(17-13-21)26(2)3/h7-19H,6H2,1-5H3/q+2. The minimum Gasteiger partial charge on any atom is -0.296 e. The third kappa shape index (κ3) is 4.17. The lowest BCUT2D eigenvalue weighted by molar-refractivity contribution is -0.462. The highest BCUT2D eigenvalue weighted by atomic mass is 15.3. The van der Waals surface area contributed by atoms with Gasteiger partial charge in [0.2, 0.25) is 0 Å². The van der Waals surface area contributed by atoms with Gasteiger partial charge in [0.1, 0.15) is 19.8 Å². The lowest BCUT2D eigenvalue weighted by atomic mass is 9.90. The quantitative estimate of drug-likeness (QED) is 0.539. The highest BCUT2D eigenvalue weighted by molar-refractivity contribution is 6.03. The first-order valence-electron chi connectivity index (χ1n) is 9.56. The summed E-state index contributed by atoms with van der Waals surface area (Å²) in [6, 6.07) is 19.7. The number of nitrogens with zero attached hydrogens (tertiary/aromatic N) is 2. The molecular formula is C25H30N2+2. The third-order valence-corrected chi connectivity index (χ3v) is 5.38. The monoisotopic (exact) mass is 358 g/mol. The summed E-state index contributed by atoms with van der Waals surface area (Å²) in [4.78, 5) is 0. The fourth-order valence-corrected chi connectivity index (χ4v) is 3.25. The van der Waals surface area contributed by atoms with Crippen LogP contribution in [0.2, 0.25) is 0 Å². The first-order chi connectivity index (χ1) is 12.9. The van der Waals surface area contributed by atoms with E-state index >= 15 is 0 Å². The second kappa shape index (κ2) is 7.89. The van der Waals surface area contributed by atoms with Crippen LogP contribution in [0.1, 0.15) is 18.1 Å². The Labute approximate surface area is 163 Å². The summed E-state index contributed by atoms with van der Waals surface area (Å²) in [5.41, 5.74) is 7.55. The fraction of sp³-hybridized carbons (Fsp3) is 0.240. The van der Waals surface area contributed by atoms with Crippen molar-refractivity contribution in [2.45, 2.75) is 6.92 Å². The van der Waals surface area contributed by atoms with Crippen molar-refractivity contribution in [3.05, 3.63) is 95.6 Å². The van der Waals surface area contributed by atoms with Crippen LogP contribution in [0.4, 0.5) is 5.69 Å². The Kier molecular flexibility index (Phi) is 5.57. The Morgan fingerprint density at radius 3 is 1.85 bits per heavy atom. The molecule has 0 unspecified atom stereocenters. The molecule has 0 aliphatic heterocycles. The molecule has 2 heteroatoms. The third-order valence-electron chi connectivity index (χ3n) is 5.38. The largest absolute Gasteiger partial charge is 0.296 e. The zero-order chi connectivity index (χ0) is 19.4. The molecule has 3 rings (SSSR count). The van der Waals surface area contributed by atoms with Crippen LogP contribution in [0.25, 0.3) is 5.57 Å². The lowest BCUT2D eigenvalue weighted by Crippen LogP contribution is -2.39. The van der Waals surface area contributed by atoms with E-state index in [0.29, 0.717) is 0 Å². The van der Waals surface area contributed by atoms with Crippen molar-refractivity contribution < 1.29 is 4.58 Å². The molecule has 1 aliphatic carbocycles. The summed E-state index contributed by atoms with van der Waals surface area (Å²) >= 11 is 0. The van der Waals surface area contributed by atoms with E-state index in [2.05, 4.69) is 119 Å². The Morgan fingerprint density at radius 1 is 0.778 bits per heavy atom. The molecule has 2 aromatic carbocycles. The number of quaternary nitrogens is 1. The van der Waals surface area contributed by atoms with E-state index in [1.54, 1.807) is 0 Å². The van der Waals surface area contributed by atoms with E-state index < -0.39 is 0 Å². The van der Waals surface area contributed by atoms with Crippen LogP contribution in [0, 0.1) is 0 Å². The maximum absolute atomic E-state index is 2.26. The molecule has 0 fully saturated rings. The van der Waals surface area contributed by atoms with Gasteiger partial charge in [0, 0.05) is 12.2 Å². The summed E-state index contributed by atoms with van der Waals surface area (Å²) in [5, 5.41) is 0. The van der Waals surface area contributed by atoms with Crippen molar-refractivity contribution in [1.29, 1.82) is 0 Å². The molecule has 138 valence electrons. The smallest absolute Gasteiger partial charge is 0.199 e. The van der Waals surface area contributed by atoms with Gasteiger partial charge in [-0.2, -0.15) is 0 Å². The highest BCUT2D eigenvalue weighted by Crippen LogP contribution is 2.31. The summed E-state index contributed by atoms with van der Waals surface area (Å²) in [6.45, 7) is 3.29. The van der Waals surface area contributed by atoms with E-state index in [9.17, 15) is 0 Å². The van der Waals surface area contributed by atoms with Gasteiger partial charge in [0.15, 0.2) is 5.71 Å². The average Bonchev–Trinajstić information content (AvgIpc) is 2.70. The van der Waals surface area contributed by atoms with Gasteiger partial charge >= 0.3 is 0 Å². The van der Waals surface area contributed by atoms with E-state index in [0.717, 1.165) is 11.0 Å². The maximum atomic E-state index is 2.26. The Morgan fingerprint density at radius 2 is 1.33 bits per heavy atom. The maximum Gasteiger partial charge on any atom is 0.199 e. The van der Waals surface area contributed by atoms with Gasteiger partial charge < -0.3 is 0 Å². The zero-order valence-electron chi connectivity index (χ0n) is 17.1. The zero-order valence-corrected chi connectivity index (χ0v) is 17.1. The van der Waals surface area contributed by atoms with Crippen LogP contribution in [-0.2, 0) is 0 Å². The minimum absolute atomic E-state index is 0.887. The minimum atomic E-state index is 0.887. The van der Waals surface area contributed by atoms with Crippen LogP contribution < -0.4 is 4.48 Å². The average molecular weight is 359 g/mol. The van der Waals surface area contributed by atoms with Crippen LogP contribution in [0.5, 0.6) is 0 Å². The fourth-order valence-electron chi connectivity index (χ4n) is 3.25. The summed E-state index contributed by atoms with van der Waals surface area (Å²) in [7, 11) is 8.64. The van der Waals surface area contributed by atoms with Gasteiger partial charge in [0.05, 0.1) is 20.6 Å². The first-order valence-corrected chi connectivity index (χ1v) is 9.56. The number of rotatable bonds is 4. The molecule has 0 heterocycles. The highest BCUT2D eigenvalue weighted by Gasteiger charge is 2.17. The second-order valence-electron chi connectivity index (χ2n) is 7.73. The van der Waals surface area contributed by atoms with Crippen LogP contribution >= 0.6 is 0 Å². The second-order valence-corrected chi connectivity index (χ2v) is 7.73. The molecule has 2 nitrogen and oxygen atoms in total. The van der Waals surface area contributed by atoms with Gasteiger partial charge in [-0.25, -0.2) is 4.58 Å². The number of allylic oxidation sites excluding steroid dienone is 5. The van der Waals surface area contributed by atoms with Crippen molar-refractivity contribution in [3.63, 3.8) is 0 Å². The molecule has 1 aliphatic rings. The Bertz CT molecular complexity index is 902. The van der Waals surface area contributed by atoms with E-state index in [1.165, 1.54) is 33.7 Å². The normalized spacial score (nSPS) is 13.8. The van der Waals surface area contributed by atoms with Crippen molar-refractivity contribution in [1.82, 2.24) is 4.48 Å². The van der Waals surface area contributed by atoms with E-state index in [-0.39, 0.29) is 0 Å². The molecular weight excluding hydrogens is 328 g/mol. The van der Waals surface area contributed by atoms with Gasteiger partial charge in [-0.1, -0.05) is 30.3 Å². The topological polar surface area (TPSA) is 3.01 Å². The van der Waals surface area contributed by atoms with E-state index in [1.807, 2.05) is 0 Å². The Balaban J connectivity index is 2.11. The molecule has 0 bridgehead atoms. The Hall–Kier alpha value is -2.71. The van der Waals surface area contributed by atoms with Crippen LogP contribution in [0.3, 0.4) is 0 Å². The molecule has 0 saturated carbocycles. The molecule has 2 aromatic rings. The predicted molar refractivity (Wildman–Crippen MR) is 118 cm³/mol. The molecule has 0 atom stereocenters. The van der Waals surface area contributed by atoms with Gasteiger partial charge in [-0.05, 0) is 65.6 Å². The summed E-state index contributed by atoms with van der Waals surface area (Å²) < 4.78 is 3.02. The lowest BCUT2D eigenvalue weighted by Gasteiger charge is -2.27. The first kappa shape index (κ1) is 19.1. The van der Waals surface area contributed by atoms with Crippen molar-refractivity contribution in [3.8, 4) is 0 Å². The molecule has 27 heavy (non-hydrogen) atoms. The molecule has 0 radical (unpaired) electrons. The number of benzene rings is 2. The molecule has 0 saturated heterocycles. The SMILES string of the molecule is CC[N+](C)(C)c1ccc(C(=C2C=CC(=[N+](C)C)C=C2)c2ccccc2)cc1. The van der Waals surface area contributed by atoms with Gasteiger partial charge in [-0.15, -0.1) is 0 Å². The van der Waals surface area contributed by atoms with Crippen LogP contribution in [-0.4, -0.2) is 45.0 Å². The van der Waals surface area contributed by atoms with Crippen molar-refractivity contribution in [2.24, 2.45) is 0 Å².